The number of hydrogen-bond acceptors (Lipinski definition) is 5. The number of benzene rings is 2. The van der Waals surface area contributed by atoms with Crippen molar-refractivity contribution in [2.45, 2.75) is 20.1 Å². The molecule has 0 fully saturated rings. The van der Waals surface area contributed by atoms with Crippen molar-refractivity contribution in [2.24, 2.45) is 0 Å². The summed E-state index contributed by atoms with van der Waals surface area (Å²) in [5, 5.41) is 3.61. The number of amides is 1. The quantitative estimate of drug-likeness (QED) is 0.440. The second-order valence-corrected chi connectivity index (χ2v) is 8.20. The van der Waals surface area contributed by atoms with Crippen LogP contribution in [0.5, 0.6) is 11.5 Å². The van der Waals surface area contributed by atoms with Crippen LogP contribution in [0.2, 0.25) is 5.02 Å². The molecule has 0 radical (unpaired) electrons. The molecular weight excluding hydrogens is 420 g/mol. The van der Waals surface area contributed by atoms with Gasteiger partial charge in [0.1, 0.15) is 18.1 Å². The molecule has 0 saturated heterocycles. The maximum absolute atomic E-state index is 12.5. The Kier molecular flexibility index (Phi) is 7.49. The summed E-state index contributed by atoms with van der Waals surface area (Å²) in [6.07, 6.45) is 3.31. The minimum absolute atomic E-state index is 0.124. The third-order valence-corrected chi connectivity index (χ3v) is 5.41. The van der Waals surface area contributed by atoms with E-state index in [1.807, 2.05) is 36.6 Å². The van der Waals surface area contributed by atoms with E-state index in [0.717, 1.165) is 27.6 Å². The van der Waals surface area contributed by atoms with Gasteiger partial charge in [-0.1, -0.05) is 23.7 Å². The Morgan fingerprint density at radius 1 is 1.27 bits per heavy atom. The number of carbonyl (C=O) groups is 1. The first-order valence-corrected chi connectivity index (χ1v) is 10.6. The Bertz CT molecular complexity index is 1050. The van der Waals surface area contributed by atoms with E-state index < -0.39 is 0 Å². The van der Waals surface area contributed by atoms with Gasteiger partial charge in [-0.2, -0.15) is 0 Å². The van der Waals surface area contributed by atoms with E-state index in [9.17, 15) is 4.79 Å². The van der Waals surface area contributed by atoms with Crippen molar-refractivity contribution in [3.8, 4) is 11.5 Å². The van der Waals surface area contributed by atoms with E-state index in [4.69, 9.17) is 21.1 Å². The van der Waals surface area contributed by atoms with E-state index in [-0.39, 0.29) is 5.91 Å². The molecule has 0 aliphatic carbocycles. The van der Waals surface area contributed by atoms with Crippen molar-refractivity contribution >= 4 is 34.9 Å². The lowest BCUT2D eigenvalue weighted by atomic mass is 10.1. The number of hydrogen-bond donors (Lipinski definition) is 0. The lowest BCUT2D eigenvalue weighted by Gasteiger charge is -2.17. The summed E-state index contributed by atoms with van der Waals surface area (Å²) >= 11 is 7.67. The Balaban J connectivity index is 1.60. The van der Waals surface area contributed by atoms with Gasteiger partial charge in [0.2, 0.25) is 5.91 Å². The summed E-state index contributed by atoms with van der Waals surface area (Å²) in [6.45, 7) is 2.78. The van der Waals surface area contributed by atoms with E-state index in [1.165, 1.54) is 0 Å². The summed E-state index contributed by atoms with van der Waals surface area (Å²) in [5.74, 6) is 1.30. The molecule has 3 aromatic rings. The maximum atomic E-state index is 12.5. The molecule has 30 heavy (non-hydrogen) atoms. The number of methoxy groups -OCH3 is 1. The number of likely N-dealkylation sites (N-methyl/N-ethyl adjacent to an activating group) is 1. The SMILES string of the molecule is COc1ccc(Cl)cc1CN(C)C(=O)/C=C/c1cccc(OCc2csc(C)n2)c1. The van der Waals surface area contributed by atoms with Crippen LogP contribution in [0.4, 0.5) is 0 Å². The lowest BCUT2D eigenvalue weighted by Crippen LogP contribution is -2.24. The summed E-state index contributed by atoms with van der Waals surface area (Å²) < 4.78 is 11.2. The highest BCUT2D eigenvalue weighted by molar-refractivity contribution is 7.09. The number of thiazole rings is 1. The molecule has 0 aliphatic heterocycles. The second-order valence-electron chi connectivity index (χ2n) is 6.70. The van der Waals surface area contributed by atoms with Crippen LogP contribution in [0.3, 0.4) is 0 Å². The zero-order chi connectivity index (χ0) is 21.5. The van der Waals surface area contributed by atoms with E-state index in [1.54, 1.807) is 60.7 Å². The molecular formula is C23H23ClN2O3S. The van der Waals surface area contributed by atoms with E-state index >= 15 is 0 Å². The van der Waals surface area contributed by atoms with Gasteiger partial charge in [0.15, 0.2) is 0 Å². The minimum Gasteiger partial charge on any atom is -0.496 e. The van der Waals surface area contributed by atoms with Crippen LogP contribution in [-0.2, 0) is 17.9 Å². The first kappa shape index (κ1) is 21.9. The van der Waals surface area contributed by atoms with Crippen LogP contribution in [0.25, 0.3) is 6.08 Å². The van der Waals surface area contributed by atoms with Gasteiger partial charge in [-0.25, -0.2) is 4.98 Å². The number of rotatable bonds is 8. The van der Waals surface area contributed by atoms with Gasteiger partial charge in [-0.3, -0.25) is 4.79 Å². The lowest BCUT2D eigenvalue weighted by molar-refractivity contribution is -0.125. The fourth-order valence-corrected chi connectivity index (χ4v) is 3.63. The molecule has 2 aromatic carbocycles. The van der Waals surface area contributed by atoms with Crippen LogP contribution >= 0.6 is 22.9 Å². The third kappa shape index (κ3) is 6.08. The van der Waals surface area contributed by atoms with Crippen molar-refractivity contribution < 1.29 is 14.3 Å². The summed E-state index contributed by atoms with van der Waals surface area (Å²) in [4.78, 5) is 18.5. The fourth-order valence-electron chi connectivity index (χ4n) is 2.84. The molecule has 0 unspecified atom stereocenters. The maximum Gasteiger partial charge on any atom is 0.246 e. The number of carbonyl (C=O) groups excluding carboxylic acids is 1. The number of aromatic nitrogens is 1. The number of nitrogens with zero attached hydrogens (tertiary/aromatic N) is 2. The van der Waals surface area contributed by atoms with Gasteiger partial charge in [-0.05, 0) is 48.9 Å². The molecule has 1 aromatic heterocycles. The van der Waals surface area contributed by atoms with Crippen molar-refractivity contribution in [1.29, 1.82) is 0 Å². The largest absolute Gasteiger partial charge is 0.496 e. The van der Waals surface area contributed by atoms with Gasteiger partial charge in [0.25, 0.3) is 0 Å². The summed E-state index contributed by atoms with van der Waals surface area (Å²) in [7, 11) is 3.33. The van der Waals surface area contributed by atoms with E-state index in [2.05, 4.69) is 4.98 Å². The van der Waals surface area contributed by atoms with Crippen LogP contribution in [0.15, 0.2) is 53.9 Å². The zero-order valence-electron chi connectivity index (χ0n) is 17.1. The standard InChI is InChI=1S/C23H23ClN2O3S/c1-16-25-20(15-30-16)14-29-21-6-4-5-17(11-21)7-10-23(27)26(2)13-18-12-19(24)8-9-22(18)28-3/h4-12,15H,13-14H2,1-3H3/b10-7+. The average Bonchev–Trinajstić information content (AvgIpc) is 3.16. The normalized spacial score (nSPS) is 10.9. The molecule has 1 amide bonds. The van der Waals surface area contributed by atoms with Crippen LogP contribution < -0.4 is 9.47 Å². The molecule has 0 saturated carbocycles. The Hall–Kier alpha value is -2.83. The van der Waals surface area contributed by atoms with Gasteiger partial charge in [-0.15, -0.1) is 11.3 Å². The Labute approximate surface area is 185 Å². The first-order valence-electron chi connectivity index (χ1n) is 9.34. The zero-order valence-corrected chi connectivity index (χ0v) is 18.7. The highest BCUT2D eigenvalue weighted by Gasteiger charge is 2.10. The molecule has 0 spiro atoms. The molecule has 7 heteroatoms. The smallest absolute Gasteiger partial charge is 0.246 e. The molecule has 0 N–H and O–H groups in total. The minimum atomic E-state index is -0.124. The molecule has 0 bridgehead atoms. The highest BCUT2D eigenvalue weighted by atomic mass is 35.5. The number of aryl methyl sites for hydroxylation is 1. The van der Waals surface area contributed by atoms with Crippen LogP contribution in [-0.4, -0.2) is 29.9 Å². The third-order valence-electron chi connectivity index (χ3n) is 4.36. The summed E-state index contributed by atoms with van der Waals surface area (Å²) in [5.41, 5.74) is 2.64. The number of ether oxygens (including phenoxy) is 2. The topological polar surface area (TPSA) is 51.7 Å². The molecule has 0 aliphatic rings. The van der Waals surface area contributed by atoms with E-state index in [0.29, 0.717) is 23.9 Å². The summed E-state index contributed by atoms with van der Waals surface area (Å²) in [6, 6.07) is 13.0. The van der Waals surface area contributed by atoms with Crippen molar-refractivity contribution in [2.75, 3.05) is 14.2 Å². The molecule has 5 nitrogen and oxygen atoms in total. The van der Waals surface area contributed by atoms with Gasteiger partial charge in [0.05, 0.1) is 17.8 Å². The second kappa shape index (κ2) is 10.3. The van der Waals surface area contributed by atoms with Crippen molar-refractivity contribution in [3.05, 3.63) is 80.8 Å². The predicted octanol–water partition coefficient (Wildman–Crippen LogP) is 5.36. The average molecular weight is 443 g/mol. The molecule has 0 atom stereocenters. The van der Waals surface area contributed by atoms with Gasteiger partial charge in [0, 0.05) is 35.6 Å². The van der Waals surface area contributed by atoms with Crippen LogP contribution in [0, 0.1) is 6.92 Å². The molecule has 3 rings (SSSR count). The fraction of sp³-hybridized carbons (Fsp3) is 0.217. The van der Waals surface area contributed by atoms with Gasteiger partial charge < -0.3 is 14.4 Å². The highest BCUT2D eigenvalue weighted by Crippen LogP contribution is 2.24. The van der Waals surface area contributed by atoms with Crippen molar-refractivity contribution in [1.82, 2.24) is 9.88 Å². The first-order chi connectivity index (χ1) is 14.4. The van der Waals surface area contributed by atoms with Gasteiger partial charge >= 0.3 is 0 Å². The predicted molar refractivity (Wildman–Crippen MR) is 121 cm³/mol. The van der Waals surface area contributed by atoms with Crippen LogP contribution in [0.1, 0.15) is 21.8 Å². The Morgan fingerprint density at radius 3 is 2.83 bits per heavy atom. The molecule has 156 valence electrons. The monoisotopic (exact) mass is 442 g/mol. The molecule has 1 heterocycles. The Morgan fingerprint density at radius 2 is 2.10 bits per heavy atom. The van der Waals surface area contributed by atoms with Crippen molar-refractivity contribution in [3.63, 3.8) is 0 Å². The number of halogens is 1.